The van der Waals surface area contributed by atoms with Gasteiger partial charge in [-0.05, 0) is 31.8 Å². The van der Waals surface area contributed by atoms with Crippen LogP contribution >= 0.6 is 0 Å². The van der Waals surface area contributed by atoms with E-state index in [1.807, 2.05) is 84.6 Å². The summed E-state index contributed by atoms with van der Waals surface area (Å²) in [6, 6.07) is 19.0. The summed E-state index contributed by atoms with van der Waals surface area (Å²) in [4.78, 5) is 31.3. The van der Waals surface area contributed by atoms with Crippen LogP contribution < -0.4 is 0 Å². The Bertz CT molecular complexity index is 879. The molecule has 1 spiro atoms. The minimum Gasteiger partial charge on any atom is -0.394 e. The highest BCUT2D eigenvalue weighted by atomic mass is 16.3. The van der Waals surface area contributed by atoms with Crippen LogP contribution in [-0.4, -0.2) is 83.5 Å². The average Bonchev–Trinajstić information content (AvgIpc) is 2.67. The smallest absolute Gasteiger partial charge is 0.254 e. The minimum atomic E-state index is -0.452. The molecule has 2 aliphatic rings. The van der Waals surface area contributed by atoms with Crippen LogP contribution in [0.15, 0.2) is 60.7 Å². The van der Waals surface area contributed by atoms with Crippen molar-refractivity contribution in [1.82, 2.24) is 14.7 Å². The molecule has 2 aromatic rings. The van der Waals surface area contributed by atoms with Crippen molar-refractivity contribution < 1.29 is 14.7 Å². The number of rotatable bonds is 5. The molecule has 0 aliphatic carbocycles. The van der Waals surface area contributed by atoms with Gasteiger partial charge in [0.2, 0.25) is 5.91 Å². The number of carbonyl (C=O) groups excluding carboxylic acids is 2. The zero-order valence-corrected chi connectivity index (χ0v) is 16.9. The Labute approximate surface area is 171 Å². The molecule has 0 radical (unpaired) electrons. The van der Waals surface area contributed by atoms with Crippen LogP contribution in [0.2, 0.25) is 0 Å². The highest BCUT2D eigenvalue weighted by molar-refractivity contribution is 5.95. The van der Waals surface area contributed by atoms with Crippen molar-refractivity contribution in [3.63, 3.8) is 0 Å². The van der Waals surface area contributed by atoms with Crippen molar-refractivity contribution in [2.75, 3.05) is 40.3 Å². The molecule has 2 saturated heterocycles. The topological polar surface area (TPSA) is 64.1 Å². The monoisotopic (exact) mass is 393 g/mol. The van der Waals surface area contributed by atoms with Gasteiger partial charge in [-0.15, -0.1) is 0 Å². The number of likely N-dealkylation sites (N-methyl/N-ethyl adjacent to an activating group) is 1. The van der Waals surface area contributed by atoms with Crippen LogP contribution in [0, 0.1) is 0 Å². The van der Waals surface area contributed by atoms with Crippen LogP contribution in [0.5, 0.6) is 0 Å². The van der Waals surface area contributed by atoms with Gasteiger partial charge in [-0.1, -0.05) is 48.5 Å². The van der Waals surface area contributed by atoms with E-state index in [4.69, 9.17) is 0 Å². The second kappa shape index (κ2) is 7.61. The number of hydrogen-bond acceptors (Lipinski definition) is 4. The highest BCUT2D eigenvalue weighted by Crippen LogP contribution is 2.54. The van der Waals surface area contributed by atoms with Gasteiger partial charge < -0.3 is 19.8 Å². The van der Waals surface area contributed by atoms with E-state index in [9.17, 15) is 14.7 Å². The predicted molar refractivity (Wildman–Crippen MR) is 111 cm³/mol. The van der Waals surface area contributed by atoms with Gasteiger partial charge in [0.05, 0.1) is 24.7 Å². The summed E-state index contributed by atoms with van der Waals surface area (Å²) in [5, 5.41) is 10.1. The molecule has 6 heteroatoms. The molecule has 2 aromatic carbocycles. The van der Waals surface area contributed by atoms with Gasteiger partial charge >= 0.3 is 0 Å². The highest BCUT2D eigenvalue weighted by Gasteiger charge is 2.67. The molecule has 0 unspecified atom stereocenters. The van der Waals surface area contributed by atoms with Crippen molar-refractivity contribution >= 4 is 11.8 Å². The first-order chi connectivity index (χ1) is 14.0. The third-order valence-electron chi connectivity index (χ3n) is 6.08. The van der Waals surface area contributed by atoms with E-state index < -0.39 is 5.54 Å². The Morgan fingerprint density at radius 1 is 1.03 bits per heavy atom. The Balaban J connectivity index is 1.62. The van der Waals surface area contributed by atoms with Gasteiger partial charge in [0.1, 0.15) is 0 Å². The van der Waals surface area contributed by atoms with Gasteiger partial charge in [-0.2, -0.15) is 0 Å². The summed E-state index contributed by atoms with van der Waals surface area (Å²) in [5.74, 6) is -0.0110. The predicted octanol–water partition coefficient (Wildman–Crippen LogP) is 1.43. The van der Waals surface area contributed by atoms with Crippen LogP contribution in [0.3, 0.4) is 0 Å². The standard InChI is InChI=1S/C23H27N3O3/c1-24(2)13-20(28)26-19(14-27)21(17-9-5-3-6-10-17)23(26)15-25(16-23)22(29)18-11-7-4-8-12-18/h3-12,19,21,27H,13-16H2,1-2H3/t19-,21+/m1/s1. The molecular formula is C23H27N3O3. The lowest BCUT2D eigenvalue weighted by molar-refractivity contribution is -0.194. The maximum Gasteiger partial charge on any atom is 0.254 e. The molecule has 152 valence electrons. The molecule has 0 bridgehead atoms. The van der Waals surface area contributed by atoms with E-state index in [2.05, 4.69) is 0 Å². The summed E-state index contributed by atoms with van der Waals surface area (Å²) in [5.41, 5.74) is 1.31. The second-order valence-corrected chi connectivity index (χ2v) is 8.27. The third kappa shape index (κ3) is 3.22. The molecule has 1 N–H and O–H groups in total. The van der Waals surface area contributed by atoms with E-state index >= 15 is 0 Å². The SMILES string of the molecule is CN(C)CC(=O)N1[C@H](CO)[C@H](c2ccccc2)C12CN(C(=O)c1ccccc1)C2. The fourth-order valence-corrected chi connectivity index (χ4v) is 4.94. The first-order valence-electron chi connectivity index (χ1n) is 9.95. The molecule has 2 atom stereocenters. The van der Waals surface area contributed by atoms with E-state index in [-0.39, 0.29) is 36.9 Å². The Kier molecular flexibility index (Phi) is 5.15. The number of nitrogens with zero attached hydrogens (tertiary/aromatic N) is 3. The molecule has 2 fully saturated rings. The number of aliphatic hydroxyl groups excluding tert-OH is 1. The second-order valence-electron chi connectivity index (χ2n) is 8.27. The van der Waals surface area contributed by atoms with Crippen molar-refractivity contribution in [2.45, 2.75) is 17.5 Å². The summed E-state index contributed by atoms with van der Waals surface area (Å²) in [6.45, 7) is 1.16. The van der Waals surface area contributed by atoms with Gasteiger partial charge in [0.25, 0.3) is 5.91 Å². The summed E-state index contributed by atoms with van der Waals surface area (Å²) in [6.07, 6.45) is 0. The number of amides is 2. The van der Waals surface area contributed by atoms with Crippen molar-refractivity contribution in [3.8, 4) is 0 Å². The lowest BCUT2D eigenvalue weighted by Gasteiger charge is -2.70. The van der Waals surface area contributed by atoms with Crippen molar-refractivity contribution in [2.24, 2.45) is 0 Å². The fraction of sp³-hybridized carbons (Fsp3) is 0.391. The van der Waals surface area contributed by atoms with Gasteiger partial charge in [0.15, 0.2) is 0 Å². The Morgan fingerprint density at radius 3 is 2.17 bits per heavy atom. The van der Waals surface area contributed by atoms with E-state index in [0.29, 0.717) is 18.7 Å². The van der Waals surface area contributed by atoms with Crippen molar-refractivity contribution in [3.05, 3.63) is 71.8 Å². The summed E-state index contributed by atoms with van der Waals surface area (Å²) in [7, 11) is 3.72. The molecule has 2 heterocycles. The van der Waals surface area contributed by atoms with Crippen molar-refractivity contribution in [1.29, 1.82) is 0 Å². The zero-order valence-electron chi connectivity index (χ0n) is 16.9. The van der Waals surface area contributed by atoms with E-state index in [0.717, 1.165) is 5.56 Å². The zero-order chi connectivity index (χ0) is 20.6. The molecule has 2 aliphatic heterocycles. The van der Waals surface area contributed by atoms with Gasteiger partial charge in [-0.3, -0.25) is 9.59 Å². The van der Waals surface area contributed by atoms with Crippen LogP contribution in [-0.2, 0) is 4.79 Å². The number of hydrogen-bond donors (Lipinski definition) is 1. The molecule has 0 saturated carbocycles. The minimum absolute atomic E-state index is 0.00644. The maximum atomic E-state index is 13.0. The molecule has 4 rings (SSSR count). The van der Waals surface area contributed by atoms with E-state index in [1.54, 1.807) is 4.90 Å². The summed E-state index contributed by atoms with van der Waals surface area (Å²) >= 11 is 0. The quantitative estimate of drug-likeness (QED) is 0.835. The number of aliphatic hydroxyl groups is 1. The first kappa shape index (κ1) is 19.6. The molecule has 2 amide bonds. The third-order valence-corrected chi connectivity index (χ3v) is 6.08. The maximum absolute atomic E-state index is 13.0. The lowest BCUT2D eigenvalue weighted by Crippen LogP contribution is -2.86. The first-order valence-corrected chi connectivity index (χ1v) is 9.95. The lowest BCUT2D eigenvalue weighted by atomic mass is 9.60. The largest absolute Gasteiger partial charge is 0.394 e. The fourth-order valence-electron chi connectivity index (χ4n) is 4.94. The van der Waals surface area contributed by atoms with E-state index in [1.165, 1.54) is 0 Å². The molecule has 0 aromatic heterocycles. The number of carbonyl (C=O) groups is 2. The van der Waals surface area contributed by atoms with Gasteiger partial charge in [-0.25, -0.2) is 0 Å². The Morgan fingerprint density at radius 2 is 1.62 bits per heavy atom. The van der Waals surface area contributed by atoms with Crippen LogP contribution in [0.25, 0.3) is 0 Å². The number of likely N-dealkylation sites (tertiary alicyclic amines) is 2. The molecular weight excluding hydrogens is 366 g/mol. The average molecular weight is 393 g/mol. The number of benzene rings is 2. The molecule has 6 nitrogen and oxygen atoms in total. The van der Waals surface area contributed by atoms with Gasteiger partial charge in [0, 0.05) is 24.6 Å². The molecule has 29 heavy (non-hydrogen) atoms. The van der Waals surface area contributed by atoms with Crippen LogP contribution in [0.4, 0.5) is 0 Å². The van der Waals surface area contributed by atoms with Crippen LogP contribution in [0.1, 0.15) is 21.8 Å². The Hall–Kier alpha value is -2.70. The normalized spacial score (nSPS) is 22.3. The summed E-state index contributed by atoms with van der Waals surface area (Å²) < 4.78 is 0.